The largest absolute Gasteiger partial charge is 0.321 e. The van der Waals surface area contributed by atoms with Gasteiger partial charge in [0.05, 0.1) is 4.90 Å². The topological polar surface area (TPSA) is 75.3 Å². The highest BCUT2D eigenvalue weighted by molar-refractivity contribution is 7.89. The van der Waals surface area contributed by atoms with Gasteiger partial charge in [-0.05, 0) is 57.0 Å². The van der Waals surface area contributed by atoms with Crippen molar-refractivity contribution in [1.29, 1.82) is 0 Å². The fraction of sp³-hybridized carbons (Fsp3) is 0.208. The molecule has 30 heavy (non-hydrogen) atoms. The Morgan fingerprint density at radius 1 is 0.867 bits per heavy atom. The van der Waals surface area contributed by atoms with Crippen LogP contribution in [0, 0.1) is 6.92 Å². The molecule has 2 N–H and O–H groups in total. The van der Waals surface area contributed by atoms with E-state index < -0.39 is 15.6 Å². The predicted molar refractivity (Wildman–Crippen MR) is 121 cm³/mol. The maximum absolute atomic E-state index is 12.9. The Balaban J connectivity index is 1.93. The second-order valence-corrected chi connectivity index (χ2v) is 9.85. The van der Waals surface area contributed by atoms with Crippen LogP contribution in [0.15, 0.2) is 77.7 Å². The second kappa shape index (κ2) is 8.42. The number of rotatable bonds is 5. The molecule has 0 fully saturated rings. The lowest BCUT2D eigenvalue weighted by atomic mass is 10.0. The summed E-state index contributed by atoms with van der Waals surface area (Å²) in [6.07, 6.45) is 0. The number of hydrogen-bond donors (Lipinski definition) is 2. The molecule has 0 aliphatic heterocycles. The molecule has 0 spiro atoms. The average Bonchev–Trinajstić information content (AvgIpc) is 2.67. The molecule has 3 rings (SSSR count). The van der Waals surface area contributed by atoms with Crippen LogP contribution in [0.4, 0.5) is 5.69 Å². The monoisotopic (exact) mass is 422 g/mol. The fourth-order valence-electron chi connectivity index (χ4n) is 3.14. The lowest BCUT2D eigenvalue weighted by molar-refractivity contribution is 0.102. The zero-order valence-electron chi connectivity index (χ0n) is 17.6. The van der Waals surface area contributed by atoms with Gasteiger partial charge in [0.2, 0.25) is 10.0 Å². The van der Waals surface area contributed by atoms with Gasteiger partial charge in [-0.3, -0.25) is 4.79 Å². The van der Waals surface area contributed by atoms with Crippen LogP contribution < -0.4 is 10.0 Å². The average molecular weight is 423 g/mol. The van der Waals surface area contributed by atoms with Gasteiger partial charge in [-0.15, -0.1) is 0 Å². The SMILES string of the molecule is Cc1ccc(C(=O)Nc2ccccc2-c2ccccc2)cc1S(=O)(=O)NC(C)(C)C. The Morgan fingerprint density at radius 2 is 1.50 bits per heavy atom. The molecule has 0 atom stereocenters. The quantitative estimate of drug-likeness (QED) is 0.608. The van der Waals surface area contributed by atoms with E-state index in [1.54, 1.807) is 39.8 Å². The Hall–Kier alpha value is -2.96. The third kappa shape index (κ3) is 5.14. The highest BCUT2D eigenvalue weighted by atomic mass is 32.2. The summed E-state index contributed by atoms with van der Waals surface area (Å²) >= 11 is 0. The number of carbonyl (C=O) groups excluding carboxylic acids is 1. The molecule has 3 aromatic rings. The lowest BCUT2D eigenvalue weighted by Gasteiger charge is -2.21. The maximum atomic E-state index is 12.9. The zero-order chi connectivity index (χ0) is 21.9. The first-order valence-corrected chi connectivity index (χ1v) is 11.2. The van der Waals surface area contributed by atoms with E-state index >= 15 is 0 Å². The van der Waals surface area contributed by atoms with Crippen LogP contribution in [0.1, 0.15) is 36.7 Å². The third-order valence-electron chi connectivity index (χ3n) is 4.44. The van der Waals surface area contributed by atoms with Crippen molar-refractivity contribution in [3.63, 3.8) is 0 Å². The molecule has 0 heterocycles. The molecule has 0 saturated carbocycles. The summed E-state index contributed by atoms with van der Waals surface area (Å²) in [7, 11) is -3.76. The molecule has 0 aliphatic carbocycles. The molecule has 6 heteroatoms. The maximum Gasteiger partial charge on any atom is 0.255 e. The number of amides is 1. The molecule has 156 valence electrons. The van der Waals surface area contributed by atoms with Gasteiger partial charge in [0.15, 0.2) is 0 Å². The van der Waals surface area contributed by atoms with Crippen molar-refractivity contribution in [3.05, 3.63) is 83.9 Å². The standard InChI is InChI=1S/C24H26N2O3S/c1-17-14-15-19(16-22(17)30(28,29)26-24(2,3)4)23(27)25-21-13-9-8-12-20(21)18-10-6-5-7-11-18/h5-16,26H,1-4H3,(H,25,27). The molecule has 0 aliphatic rings. The second-order valence-electron chi connectivity index (χ2n) is 8.20. The van der Waals surface area contributed by atoms with Crippen LogP contribution in [0.2, 0.25) is 0 Å². The van der Waals surface area contributed by atoms with E-state index in [9.17, 15) is 13.2 Å². The van der Waals surface area contributed by atoms with Crippen molar-refractivity contribution in [2.75, 3.05) is 5.32 Å². The smallest absolute Gasteiger partial charge is 0.255 e. The Morgan fingerprint density at radius 3 is 2.17 bits per heavy atom. The van der Waals surface area contributed by atoms with Gasteiger partial charge >= 0.3 is 0 Å². The van der Waals surface area contributed by atoms with Crippen LogP contribution in [0.25, 0.3) is 11.1 Å². The van der Waals surface area contributed by atoms with Gasteiger partial charge in [0, 0.05) is 22.4 Å². The van der Waals surface area contributed by atoms with E-state index in [1.165, 1.54) is 6.07 Å². The van der Waals surface area contributed by atoms with Gasteiger partial charge in [-0.25, -0.2) is 13.1 Å². The number of para-hydroxylation sites is 1. The number of carbonyl (C=O) groups is 1. The summed E-state index contributed by atoms with van der Waals surface area (Å²) in [6.45, 7) is 7.04. The summed E-state index contributed by atoms with van der Waals surface area (Å²) in [4.78, 5) is 13.0. The number of hydrogen-bond acceptors (Lipinski definition) is 3. The minimum absolute atomic E-state index is 0.0985. The summed E-state index contributed by atoms with van der Waals surface area (Å²) in [5, 5.41) is 2.92. The van der Waals surface area contributed by atoms with Crippen LogP contribution in [0.5, 0.6) is 0 Å². The number of sulfonamides is 1. The van der Waals surface area contributed by atoms with E-state index in [2.05, 4.69) is 10.0 Å². The molecule has 0 unspecified atom stereocenters. The van der Waals surface area contributed by atoms with Gasteiger partial charge in [-0.1, -0.05) is 54.6 Å². The van der Waals surface area contributed by atoms with E-state index in [0.717, 1.165) is 11.1 Å². The van der Waals surface area contributed by atoms with Gasteiger partial charge in [0.1, 0.15) is 0 Å². The van der Waals surface area contributed by atoms with E-state index in [-0.39, 0.29) is 16.4 Å². The number of benzene rings is 3. The lowest BCUT2D eigenvalue weighted by Crippen LogP contribution is -2.40. The first kappa shape index (κ1) is 21.7. The number of aryl methyl sites for hydroxylation is 1. The molecule has 0 bridgehead atoms. The number of anilines is 1. The summed E-state index contributed by atoms with van der Waals surface area (Å²) in [6, 6.07) is 22.0. The Bertz CT molecular complexity index is 1160. The highest BCUT2D eigenvalue weighted by Crippen LogP contribution is 2.28. The highest BCUT2D eigenvalue weighted by Gasteiger charge is 2.24. The van der Waals surface area contributed by atoms with Crippen LogP contribution >= 0.6 is 0 Å². The van der Waals surface area contributed by atoms with E-state index in [0.29, 0.717) is 11.3 Å². The minimum Gasteiger partial charge on any atom is -0.321 e. The Labute approximate surface area is 178 Å². The molecule has 5 nitrogen and oxygen atoms in total. The number of nitrogens with one attached hydrogen (secondary N) is 2. The molecule has 1 amide bonds. The first-order chi connectivity index (χ1) is 14.1. The van der Waals surface area contributed by atoms with Crippen molar-refractivity contribution in [3.8, 4) is 11.1 Å². The van der Waals surface area contributed by atoms with Crippen LogP contribution in [-0.2, 0) is 10.0 Å². The minimum atomic E-state index is -3.76. The Kier molecular flexibility index (Phi) is 6.10. The molecule has 0 radical (unpaired) electrons. The van der Waals surface area contributed by atoms with Gasteiger partial charge in [0.25, 0.3) is 5.91 Å². The van der Waals surface area contributed by atoms with E-state index in [1.807, 2.05) is 54.6 Å². The third-order valence-corrected chi connectivity index (χ3v) is 6.34. The van der Waals surface area contributed by atoms with E-state index in [4.69, 9.17) is 0 Å². The van der Waals surface area contributed by atoms with Gasteiger partial charge in [-0.2, -0.15) is 0 Å². The van der Waals surface area contributed by atoms with Crippen molar-refractivity contribution < 1.29 is 13.2 Å². The zero-order valence-corrected chi connectivity index (χ0v) is 18.4. The molecular formula is C24H26N2O3S. The summed E-state index contributed by atoms with van der Waals surface area (Å²) in [5.41, 5.74) is 2.76. The molecule has 0 aromatic heterocycles. The van der Waals surface area contributed by atoms with Crippen LogP contribution in [-0.4, -0.2) is 19.9 Å². The van der Waals surface area contributed by atoms with Crippen molar-refractivity contribution >= 4 is 21.6 Å². The molecular weight excluding hydrogens is 396 g/mol. The summed E-state index contributed by atoms with van der Waals surface area (Å²) in [5.74, 6) is -0.370. The predicted octanol–water partition coefficient (Wildman–Crippen LogP) is 4.99. The van der Waals surface area contributed by atoms with Crippen molar-refractivity contribution in [2.45, 2.75) is 38.1 Å². The van der Waals surface area contributed by atoms with Crippen LogP contribution in [0.3, 0.4) is 0 Å². The van der Waals surface area contributed by atoms with Crippen molar-refractivity contribution in [2.24, 2.45) is 0 Å². The summed E-state index contributed by atoms with van der Waals surface area (Å²) < 4.78 is 28.2. The molecule has 0 saturated heterocycles. The molecule has 3 aromatic carbocycles. The fourth-order valence-corrected chi connectivity index (χ4v) is 4.84. The van der Waals surface area contributed by atoms with Crippen molar-refractivity contribution in [1.82, 2.24) is 4.72 Å². The normalized spacial score (nSPS) is 11.9. The first-order valence-electron chi connectivity index (χ1n) is 9.67. The van der Waals surface area contributed by atoms with Gasteiger partial charge < -0.3 is 5.32 Å².